The molecule has 80 valence electrons. The Morgan fingerprint density at radius 1 is 1.50 bits per heavy atom. The number of rotatable bonds is 2. The van der Waals surface area contributed by atoms with E-state index in [4.69, 9.17) is 10.5 Å². The normalized spacial score (nSPS) is 32.5. The van der Waals surface area contributed by atoms with E-state index in [9.17, 15) is 4.79 Å². The fourth-order valence-corrected chi connectivity index (χ4v) is 2.33. The third kappa shape index (κ3) is 1.77. The van der Waals surface area contributed by atoms with Gasteiger partial charge in [-0.2, -0.15) is 0 Å². The Morgan fingerprint density at radius 3 is 3.00 bits per heavy atom. The number of carbonyl (C=O) groups is 1. The minimum atomic E-state index is 0.0992. The molecule has 2 heterocycles. The van der Waals surface area contributed by atoms with Crippen LogP contribution in [0.5, 0.6) is 0 Å². The number of nitrogens with two attached hydrogens (primary N) is 1. The molecule has 2 saturated heterocycles. The summed E-state index contributed by atoms with van der Waals surface area (Å²) in [6.07, 6.45) is 3.05. The zero-order valence-electron chi connectivity index (χ0n) is 8.45. The number of amides is 1. The first-order valence-electron chi connectivity index (χ1n) is 5.41. The molecule has 0 saturated carbocycles. The molecule has 0 spiro atoms. The van der Waals surface area contributed by atoms with E-state index in [0.717, 1.165) is 32.4 Å². The van der Waals surface area contributed by atoms with Crippen LogP contribution in [-0.2, 0) is 9.53 Å². The SMILES string of the molecule is NCC1CCCN1C(=O)C1CCOC1. The van der Waals surface area contributed by atoms with Crippen molar-refractivity contribution in [2.45, 2.75) is 25.3 Å². The largest absolute Gasteiger partial charge is 0.381 e. The molecule has 14 heavy (non-hydrogen) atoms. The van der Waals surface area contributed by atoms with E-state index in [1.807, 2.05) is 4.90 Å². The van der Waals surface area contributed by atoms with E-state index in [1.165, 1.54) is 0 Å². The quantitative estimate of drug-likeness (QED) is 0.678. The predicted molar refractivity (Wildman–Crippen MR) is 52.7 cm³/mol. The average molecular weight is 198 g/mol. The molecule has 2 fully saturated rings. The van der Waals surface area contributed by atoms with Crippen LogP contribution in [0.4, 0.5) is 0 Å². The molecule has 0 aromatic rings. The number of carbonyl (C=O) groups excluding carboxylic acids is 1. The first-order valence-corrected chi connectivity index (χ1v) is 5.41. The molecule has 0 aromatic carbocycles. The number of ether oxygens (including phenoxy) is 1. The second kappa shape index (κ2) is 4.28. The highest BCUT2D eigenvalue weighted by atomic mass is 16.5. The van der Waals surface area contributed by atoms with Crippen molar-refractivity contribution < 1.29 is 9.53 Å². The number of hydrogen-bond donors (Lipinski definition) is 1. The maximum atomic E-state index is 12.0. The lowest BCUT2D eigenvalue weighted by Gasteiger charge is -2.25. The maximum absolute atomic E-state index is 12.0. The molecule has 2 unspecified atom stereocenters. The van der Waals surface area contributed by atoms with Crippen molar-refractivity contribution in [1.82, 2.24) is 4.90 Å². The Morgan fingerprint density at radius 2 is 2.36 bits per heavy atom. The van der Waals surface area contributed by atoms with E-state index >= 15 is 0 Å². The van der Waals surface area contributed by atoms with Crippen molar-refractivity contribution in [3.63, 3.8) is 0 Å². The van der Waals surface area contributed by atoms with Gasteiger partial charge in [-0.25, -0.2) is 0 Å². The number of likely N-dealkylation sites (tertiary alicyclic amines) is 1. The second-order valence-corrected chi connectivity index (χ2v) is 4.12. The lowest BCUT2D eigenvalue weighted by molar-refractivity contribution is -0.136. The third-order valence-corrected chi connectivity index (χ3v) is 3.21. The van der Waals surface area contributed by atoms with Crippen molar-refractivity contribution >= 4 is 5.91 Å². The summed E-state index contributed by atoms with van der Waals surface area (Å²) in [7, 11) is 0. The van der Waals surface area contributed by atoms with Gasteiger partial charge in [0.1, 0.15) is 0 Å². The molecule has 2 aliphatic heterocycles. The van der Waals surface area contributed by atoms with Crippen molar-refractivity contribution in [3.8, 4) is 0 Å². The Hall–Kier alpha value is -0.610. The zero-order valence-corrected chi connectivity index (χ0v) is 8.45. The molecule has 0 aromatic heterocycles. The summed E-state index contributed by atoms with van der Waals surface area (Å²) >= 11 is 0. The van der Waals surface area contributed by atoms with Crippen LogP contribution in [0.2, 0.25) is 0 Å². The highest BCUT2D eigenvalue weighted by molar-refractivity contribution is 5.79. The molecule has 4 heteroatoms. The fraction of sp³-hybridized carbons (Fsp3) is 0.900. The molecule has 2 rings (SSSR count). The molecular weight excluding hydrogens is 180 g/mol. The molecule has 2 atom stereocenters. The van der Waals surface area contributed by atoms with Gasteiger partial charge in [-0.15, -0.1) is 0 Å². The van der Waals surface area contributed by atoms with Gasteiger partial charge in [0.15, 0.2) is 0 Å². The summed E-state index contributed by atoms with van der Waals surface area (Å²) in [6, 6.07) is 0.281. The van der Waals surface area contributed by atoms with Gasteiger partial charge in [0.05, 0.1) is 12.5 Å². The van der Waals surface area contributed by atoms with Gasteiger partial charge in [-0.1, -0.05) is 0 Å². The Labute approximate surface area is 84.4 Å². The van der Waals surface area contributed by atoms with Crippen LogP contribution in [0, 0.1) is 5.92 Å². The van der Waals surface area contributed by atoms with Crippen LogP contribution in [0.25, 0.3) is 0 Å². The molecule has 0 bridgehead atoms. The predicted octanol–water partition coefficient (Wildman–Crippen LogP) is -0.0274. The van der Waals surface area contributed by atoms with Crippen LogP contribution < -0.4 is 5.73 Å². The molecular formula is C10H18N2O2. The van der Waals surface area contributed by atoms with Gasteiger partial charge in [-0.05, 0) is 19.3 Å². The first kappa shape index (κ1) is 9.93. The number of nitrogens with zero attached hydrogens (tertiary/aromatic N) is 1. The number of hydrogen-bond acceptors (Lipinski definition) is 3. The van der Waals surface area contributed by atoms with Gasteiger partial charge in [0, 0.05) is 25.7 Å². The molecule has 2 aliphatic rings. The van der Waals surface area contributed by atoms with E-state index in [0.29, 0.717) is 13.2 Å². The van der Waals surface area contributed by atoms with E-state index in [1.54, 1.807) is 0 Å². The first-order chi connectivity index (χ1) is 6.83. The Bertz CT molecular complexity index is 214. The van der Waals surface area contributed by atoms with Gasteiger partial charge in [0.25, 0.3) is 0 Å². The van der Waals surface area contributed by atoms with Gasteiger partial charge >= 0.3 is 0 Å². The maximum Gasteiger partial charge on any atom is 0.228 e. The minimum absolute atomic E-state index is 0.0992. The summed E-state index contributed by atoms with van der Waals surface area (Å²) in [5.74, 6) is 0.359. The molecule has 4 nitrogen and oxygen atoms in total. The average Bonchev–Trinajstić information content (AvgIpc) is 2.87. The third-order valence-electron chi connectivity index (χ3n) is 3.21. The minimum Gasteiger partial charge on any atom is -0.381 e. The highest BCUT2D eigenvalue weighted by Crippen LogP contribution is 2.22. The van der Waals surface area contributed by atoms with Crippen molar-refractivity contribution in [1.29, 1.82) is 0 Å². The highest BCUT2D eigenvalue weighted by Gasteiger charge is 2.33. The van der Waals surface area contributed by atoms with E-state index in [-0.39, 0.29) is 17.9 Å². The van der Waals surface area contributed by atoms with Gasteiger partial charge < -0.3 is 15.4 Å². The summed E-state index contributed by atoms with van der Waals surface area (Å²) in [6.45, 7) is 2.82. The van der Waals surface area contributed by atoms with Crippen LogP contribution in [0.15, 0.2) is 0 Å². The van der Waals surface area contributed by atoms with Crippen molar-refractivity contribution in [2.75, 3.05) is 26.3 Å². The van der Waals surface area contributed by atoms with Crippen LogP contribution in [0.1, 0.15) is 19.3 Å². The fourth-order valence-electron chi connectivity index (χ4n) is 2.33. The Balaban J connectivity index is 1.95. The molecule has 1 amide bonds. The Kier molecular flexibility index (Phi) is 3.03. The van der Waals surface area contributed by atoms with E-state index in [2.05, 4.69) is 0 Å². The van der Waals surface area contributed by atoms with Gasteiger partial charge in [-0.3, -0.25) is 4.79 Å². The van der Waals surface area contributed by atoms with Gasteiger partial charge in [0.2, 0.25) is 5.91 Å². The van der Waals surface area contributed by atoms with Crippen LogP contribution in [-0.4, -0.2) is 43.2 Å². The lowest BCUT2D eigenvalue weighted by atomic mass is 10.1. The van der Waals surface area contributed by atoms with Crippen molar-refractivity contribution in [3.05, 3.63) is 0 Å². The summed E-state index contributed by atoms with van der Waals surface area (Å²) in [5.41, 5.74) is 5.64. The summed E-state index contributed by atoms with van der Waals surface area (Å²) in [4.78, 5) is 14.0. The lowest BCUT2D eigenvalue weighted by Crippen LogP contribution is -2.43. The van der Waals surface area contributed by atoms with Crippen LogP contribution in [0.3, 0.4) is 0 Å². The molecule has 2 N–H and O–H groups in total. The summed E-state index contributed by atoms with van der Waals surface area (Å²) < 4.78 is 5.23. The smallest absolute Gasteiger partial charge is 0.228 e. The second-order valence-electron chi connectivity index (χ2n) is 4.12. The summed E-state index contributed by atoms with van der Waals surface area (Å²) in [5, 5.41) is 0. The monoisotopic (exact) mass is 198 g/mol. The molecule has 0 aliphatic carbocycles. The molecule has 0 radical (unpaired) electrons. The van der Waals surface area contributed by atoms with E-state index < -0.39 is 0 Å². The van der Waals surface area contributed by atoms with Crippen LogP contribution >= 0.6 is 0 Å². The standard InChI is InChI=1S/C10H18N2O2/c11-6-9-2-1-4-12(9)10(13)8-3-5-14-7-8/h8-9H,1-7,11H2. The van der Waals surface area contributed by atoms with Crippen molar-refractivity contribution in [2.24, 2.45) is 11.7 Å². The zero-order chi connectivity index (χ0) is 9.97. The topological polar surface area (TPSA) is 55.6 Å².